The monoisotopic (exact) mass is 298 g/mol. The number of halogens is 3. The summed E-state index contributed by atoms with van der Waals surface area (Å²) in [6.07, 6.45) is 3.13. The van der Waals surface area contributed by atoms with Crippen molar-refractivity contribution in [1.82, 2.24) is 14.6 Å². The predicted octanol–water partition coefficient (Wildman–Crippen LogP) is 3.74. The first-order valence-corrected chi connectivity index (χ1v) is 7.03. The van der Waals surface area contributed by atoms with Crippen LogP contribution in [0.4, 0.5) is 19.0 Å². The maximum atomic E-state index is 12.7. The number of anilines is 1. The van der Waals surface area contributed by atoms with Gasteiger partial charge in [0.2, 0.25) is 0 Å². The van der Waals surface area contributed by atoms with Crippen molar-refractivity contribution in [2.75, 3.05) is 11.9 Å². The highest BCUT2D eigenvalue weighted by molar-refractivity contribution is 5.68. The topological polar surface area (TPSA) is 42.2 Å². The molecule has 0 radical (unpaired) electrons. The summed E-state index contributed by atoms with van der Waals surface area (Å²) in [7, 11) is 0. The van der Waals surface area contributed by atoms with Gasteiger partial charge in [-0.2, -0.15) is 18.3 Å². The number of fused-ring (bicyclic) bond motifs is 1. The van der Waals surface area contributed by atoms with E-state index in [0.29, 0.717) is 17.9 Å². The van der Waals surface area contributed by atoms with Crippen LogP contribution in [0.5, 0.6) is 0 Å². The number of hydrogen-bond donors (Lipinski definition) is 1. The van der Waals surface area contributed by atoms with Gasteiger partial charge in [-0.15, -0.1) is 0 Å². The van der Waals surface area contributed by atoms with Crippen LogP contribution < -0.4 is 5.32 Å². The standard InChI is InChI=1S/C14H17F3N4/c1-13(4-2-3-5-13)9-19-12-10-8-11(14(15,16)17)20-21(10)7-6-18-12/h6-8H,2-5,9H2,1H3,(H,18,19). The van der Waals surface area contributed by atoms with E-state index in [2.05, 4.69) is 22.3 Å². The van der Waals surface area contributed by atoms with Crippen LogP contribution in [0.15, 0.2) is 18.5 Å². The number of nitrogens with zero attached hydrogens (tertiary/aromatic N) is 3. The Hall–Kier alpha value is -1.79. The zero-order chi connectivity index (χ0) is 15.1. The fraction of sp³-hybridized carbons (Fsp3) is 0.571. The second kappa shape index (κ2) is 4.89. The van der Waals surface area contributed by atoms with E-state index in [4.69, 9.17) is 0 Å². The molecule has 0 atom stereocenters. The van der Waals surface area contributed by atoms with E-state index < -0.39 is 11.9 Å². The third-order valence-corrected chi connectivity index (χ3v) is 4.17. The molecule has 7 heteroatoms. The molecule has 2 aromatic heterocycles. The van der Waals surface area contributed by atoms with Gasteiger partial charge < -0.3 is 5.32 Å². The van der Waals surface area contributed by atoms with Crippen LogP contribution in [0.25, 0.3) is 5.52 Å². The molecule has 114 valence electrons. The van der Waals surface area contributed by atoms with E-state index in [0.717, 1.165) is 18.9 Å². The number of rotatable bonds is 3. The van der Waals surface area contributed by atoms with Gasteiger partial charge in [0.05, 0.1) is 0 Å². The smallest absolute Gasteiger partial charge is 0.368 e. The minimum Gasteiger partial charge on any atom is -0.368 e. The lowest BCUT2D eigenvalue weighted by Gasteiger charge is -2.24. The number of hydrogen-bond acceptors (Lipinski definition) is 3. The molecule has 0 aliphatic heterocycles. The zero-order valence-electron chi connectivity index (χ0n) is 11.7. The summed E-state index contributed by atoms with van der Waals surface area (Å²) in [4.78, 5) is 4.16. The largest absolute Gasteiger partial charge is 0.435 e. The molecule has 1 aliphatic rings. The van der Waals surface area contributed by atoms with Crippen molar-refractivity contribution in [2.24, 2.45) is 5.41 Å². The van der Waals surface area contributed by atoms with E-state index in [1.54, 1.807) is 0 Å². The summed E-state index contributed by atoms with van der Waals surface area (Å²) in [6.45, 7) is 2.91. The Bertz CT molecular complexity index is 641. The second-order valence-electron chi connectivity index (χ2n) is 6.00. The highest BCUT2D eigenvalue weighted by Gasteiger charge is 2.34. The van der Waals surface area contributed by atoms with Crippen molar-refractivity contribution in [1.29, 1.82) is 0 Å². The normalized spacial score (nSPS) is 18.3. The Morgan fingerprint density at radius 1 is 1.33 bits per heavy atom. The molecule has 2 heterocycles. The van der Waals surface area contributed by atoms with Crippen molar-refractivity contribution in [3.05, 3.63) is 24.2 Å². The fourth-order valence-corrected chi connectivity index (χ4v) is 2.90. The molecule has 0 saturated heterocycles. The quantitative estimate of drug-likeness (QED) is 0.938. The van der Waals surface area contributed by atoms with Crippen molar-refractivity contribution in [3.8, 4) is 0 Å². The molecule has 21 heavy (non-hydrogen) atoms. The molecule has 1 saturated carbocycles. The van der Waals surface area contributed by atoms with Gasteiger partial charge in [-0.3, -0.25) is 0 Å². The van der Waals surface area contributed by atoms with Crippen LogP contribution in [0.2, 0.25) is 0 Å². The van der Waals surface area contributed by atoms with Gasteiger partial charge in [0.15, 0.2) is 11.5 Å². The molecule has 1 N–H and O–H groups in total. The van der Waals surface area contributed by atoms with Crippen LogP contribution in [0.3, 0.4) is 0 Å². The van der Waals surface area contributed by atoms with E-state index >= 15 is 0 Å². The van der Waals surface area contributed by atoms with Crippen LogP contribution in [0, 0.1) is 5.41 Å². The van der Waals surface area contributed by atoms with E-state index in [-0.39, 0.29) is 5.41 Å². The summed E-state index contributed by atoms with van der Waals surface area (Å²) < 4.78 is 39.4. The third-order valence-electron chi connectivity index (χ3n) is 4.17. The lowest BCUT2D eigenvalue weighted by molar-refractivity contribution is -0.141. The lowest BCUT2D eigenvalue weighted by Crippen LogP contribution is -2.23. The molecule has 0 aromatic carbocycles. The Morgan fingerprint density at radius 3 is 2.71 bits per heavy atom. The molecule has 0 spiro atoms. The molecule has 1 aliphatic carbocycles. The van der Waals surface area contributed by atoms with Crippen LogP contribution in [0.1, 0.15) is 38.3 Å². The summed E-state index contributed by atoms with van der Waals surface area (Å²) in [5.41, 5.74) is -0.349. The first-order chi connectivity index (χ1) is 9.87. The van der Waals surface area contributed by atoms with Crippen LogP contribution in [-0.4, -0.2) is 21.1 Å². The molecule has 2 aromatic rings. The molecule has 1 fully saturated rings. The summed E-state index contributed by atoms with van der Waals surface area (Å²) in [6, 6.07) is 1.03. The minimum absolute atomic E-state index is 0.196. The first kappa shape index (κ1) is 14.2. The summed E-state index contributed by atoms with van der Waals surface area (Å²) in [5.74, 6) is 0.452. The zero-order valence-corrected chi connectivity index (χ0v) is 11.7. The van der Waals surface area contributed by atoms with Gasteiger partial charge >= 0.3 is 6.18 Å². The SMILES string of the molecule is CC1(CNc2nccn3nc(C(F)(F)F)cc23)CCCC1. The Balaban J connectivity index is 1.86. The van der Waals surface area contributed by atoms with Crippen molar-refractivity contribution in [2.45, 2.75) is 38.8 Å². The highest BCUT2D eigenvalue weighted by Crippen LogP contribution is 2.37. The summed E-state index contributed by atoms with van der Waals surface area (Å²) >= 11 is 0. The van der Waals surface area contributed by atoms with Crippen molar-refractivity contribution < 1.29 is 13.2 Å². The van der Waals surface area contributed by atoms with E-state index in [9.17, 15) is 13.2 Å². The number of nitrogens with one attached hydrogen (secondary N) is 1. The average Bonchev–Trinajstić information content (AvgIpc) is 3.02. The third kappa shape index (κ3) is 2.82. The van der Waals surface area contributed by atoms with Gasteiger partial charge in [0.25, 0.3) is 0 Å². The van der Waals surface area contributed by atoms with Crippen LogP contribution in [-0.2, 0) is 6.18 Å². The molecule has 3 rings (SSSR count). The predicted molar refractivity (Wildman–Crippen MR) is 73.1 cm³/mol. The fourth-order valence-electron chi connectivity index (χ4n) is 2.90. The first-order valence-electron chi connectivity index (χ1n) is 7.03. The maximum Gasteiger partial charge on any atom is 0.435 e. The molecular formula is C14H17F3N4. The number of aromatic nitrogens is 3. The highest BCUT2D eigenvalue weighted by atomic mass is 19.4. The van der Waals surface area contributed by atoms with Gasteiger partial charge in [0, 0.05) is 25.0 Å². The van der Waals surface area contributed by atoms with Gasteiger partial charge in [0.1, 0.15) is 5.52 Å². The second-order valence-corrected chi connectivity index (χ2v) is 6.00. The Labute approximate surface area is 120 Å². The molecule has 4 nitrogen and oxygen atoms in total. The lowest BCUT2D eigenvalue weighted by atomic mass is 9.89. The van der Waals surface area contributed by atoms with Gasteiger partial charge in [-0.05, 0) is 18.3 Å². The minimum atomic E-state index is -4.44. The summed E-state index contributed by atoms with van der Waals surface area (Å²) in [5, 5.41) is 6.75. The number of alkyl halides is 3. The molecular weight excluding hydrogens is 281 g/mol. The Morgan fingerprint density at radius 2 is 2.05 bits per heavy atom. The van der Waals surface area contributed by atoms with Gasteiger partial charge in [-0.1, -0.05) is 19.8 Å². The Kier molecular flexibility index (Phi) is 3.30. The van der Waals surface area contributed by atoms with Crippen molar-refractivity contribution >= 4 is 11.3 Å². The van der Waals surface area contributed by atoms with Crippen molar-refractivity contribution in [3.63, 3.8) is 0 Å². The molecule has 0 amide bonds. The van der Waals surface area contributed by atoms with Crippen LogP contribution >= 0.6 is 0 Å². The molecule has 0 bridgehead atoms. The molecule has 0 unspecified atom stereocenters. The maximum absolute atomic E-state index is 12.7. The van der Waals surface area contributed by atoms with E-state index in [1.807, 2.05) is 0 Å². The average molecular weight is 298 g/mol. The van der Waals surface area contributed by atoms with E-state index in [1.165, 1.54) is 29.8 Å². The van der Waals surface area contributed by atoms with Gasteiger partial charge in [-0.25, -0.2) is 9.50 Å².